The molecule has 0 spiro atoms. The molecule has 0 aliphatic heterocycles. The molecule has 2 N–H and O–H groups in total. The van der Waals surface area contributed by atoms with E-state index in [1.54, 1.807) is 47.8 Å². The summed E-state index contributed by atoms with van der Waals surface area (Å²) >= 11 is 0. The van der Waals surface area contributed by atoms with Crippen molar-refractivity contribution in [3.63, 3.8) is 0 Å². The highest BCUT2D eigenvalue weighted by atomic mass is 19.4. The molecule has 26 heavy (non-hydrogen) atoms. The van der Waals surface area contributed by atoms with E-state index in [-0.39, 0.29) is 18.9 Å². The summed E-state index contributed by atoms with van der Waals surface area (Å²) in [6.07, 6.45) is -4.88. The minimum absolute atomic E-state index is 0.0699. The van der Waals surface area contributed by atoms with Crippen LogP contribution in [0.4, 0.5) is 18.9 Å². The molecular weight excluding hydrogens is 349 g/mol. The van der Waals surface area contributed by atoms with Gasteiger partial charge in [-0.3, -0.25) is 9.59 Å². The lowest BCUT2D eigenvalue weighted by atomic mass is 10.1. The minimum atomic E-state index is -4.95. The van der Waals surface area contributed by atoms with Crippen LogP contribution in [0.25, 0.3) is 0 Å². The molecule has 0 bridgehead atoms. The van der Waals surface area contributed by atoms with Crippen LogP contribution >= 0.6 is 0 Å². The van der Waals surface area contributed by atoms with E-state index in [4.69, 9.17) is 4.74 Å². The van der Waals surface area contributed by atoms with Crippen molar-refractivity contribution in [3.8, 4) is 5.75 Å². The van der Waals surface area contributed by atoms with Gasteiger partial charge in [-0.1, -0.05) is 30.3 Å². The molecule has 2 aromatic rings. The molecule has 0 heterocycles. The number of alkyl halides is 3. The number of halogens is 3. The maximum absolute atomic E-state index is 12.3. The van der Waals surface area contributed by atoms with Crippen molar-refractivity contribution in [2.75, 3.05) is 12.4 Å². The minimum Gasteiger partial charge on any atom is -0.497 e. The molecule has 2 rings (SSSR count). The van der Waals surface area contributed by atoms with E-state index < -0.39 is 12.1 Å². The summed E-state index contributed by atoms with van der Waals surface area (Å²) in [4.78, 5) is 23.1. The number of benzene rings is 2. The molecule has 0 fully saturated rings. The summed E-state index contributed by atoms with van der Waals surface area (Å²) in [5.74, 6) is -1.76. The molecule has 0 aromatic heterocycles. The first-order chi connectivity index (χ1) is 12.3. The molecule has 0 saturated heterocycles. The first kappa shape index (κ1) is 19.3. The lowest BCUT2D eigenvalue weighted by molar-refractivity contribution is -0.173. The molecule has 0 aliphatic carbocycles. The number of nitrogens with one attached hydrogen (secondary N) is 2. The SMILES string of the molecule is COc1cccc(CC(=O)Nc2ccccc2CNC(=O)C(F)(F)F)c1. The Labute approximate surface area is 148 Å². The second kappa shape index (κ2) is 8.37. The van der Waals surface area contributed by atoms with E-state index in [0.717, 1.165) is 5.56 Å². The summed E-state index contributed by atoms with van der Waals surface area (Å²) < 4.78 is 41.9. The van der Waals surface area contributed by atoms with Crippen LogP contribution in [-0.4, -0.2) is 25.1 Å². The van der Waals surface area contributed by atoms with Gasteiger partial charge in [0.2, 0.25) is 5.91 Å². The van der Waals surface area contributed by atoms with Crippen molar-refractivity contribution < 1.29 is 27.5 Å². The van der Waals surface area contributed by atoms with Crippen LogP contribution in [0.1, 0.15) is 11.1 Å². The smallest absolute Gasteiger partial charge is 0.471 e. The fourth-order valence-corrected chi connectivity index (χ4v) is 2.23. The summed E-state index contributed by atoms with van der Waals surface area (Å²) in [5.41, 5.74) is 1.43. The average molecular weight is 366 g/mol. The molecule has 138 valence electrons. The van der Waals surface area contributed by atoms with Gasteiger partial charge in [-0.2, -0.15) is 13.2 Å². The average Bonchev–Trinajstić information content (AvgIpc) is 2.60. The van der Waals surface area contributed by atoms with Crippen molar-refractivity contribution in [2.24, 2.45) is 0 Å². The van der Waals surface area contributed by atoms with E-state index in [1.165, 1.54) is 13.2 Å². The summed E-state index contributed by atoms with van der Waals surface area (Å²) in [5, 5.41) is 4.43. The lowest BCUT2D eigenvalue weighted by Crippen LogP contribution is -2.36. The molecule has 0 radical (unpaired) electrons. The monoisotopic (exact) mass is 366 g/mol. The molecule has 0 aliphatic rings. The Morgan fingerprint density at radius 1 is 1.08 bits per heavy atom. The Morgan fingerprint density at radius 3 is 2.50 bits per heavy atom. The normalized spacial score (nSPS) is 10.9. The van der Waals surface area contributed by atoms with E-state index in [2.05, 4.69) is 5.32 Å². The van der Waals surface area contributed by atoms with Crippen molar-refractivity contribution >= 4 is 17.5 Å². The van der Waals surface area contributed by atoms with Gasteiger partial charge in [-0.25, -0.2) is 0 Å². The Hall–Kier alpha value is -3.03. The Kier molecular flexibility index (Phi) is 6.21. The largest absolute Gasteiger partial charge is 0.497 e. The highest BCUT2D eigenvalue weighted by Crippen LogP contribution is 2.19. The fourth-order valence-electron chi connectivity index (χ4n) is 2.23. The predicted octanol–water partition coefficient (Wildman–Crippen LogP) is 3.05. The zero-order valence-corrected chi connectivity index (χ0v) is 13.9. The number of anilines is 1. The van der Waals surface area contributed by atoms with Gasteiger partial charge in [-0.05, 0) is 29.3 Å². The number of rotatable bonds is 6. The Bertz CT molecular complexity index is 791. The topological polar surface area (TPSA) is 67.4 Å². The Balaban J connectivity index is 2.02. The fraction of sp³-hybridized carbons (Fsp3) is 0.222. The van der Waals surface area contributed by atoms with Crippen molar-refractivity contribution in [1.82, 2.24) is 5.32 Å². The summed E-state index contributed by atoms with van der Waals surface area (Å²) in [6, 6.07) is 13.3. The van der Waals surface area contributed by atoms with E-state index >= 15 is 0 Å². The highest BCUT2D eigenvalue weighted by Gasteiger charge is 2.38. The third kappa shape index (κ3) is 5.51. The first-order valence-electron chi connectivity index (χ1n) is 7.65. The van der Waals surface area contributed by atoms with Gasteiger partial charge in [-0.15, -0.1) is 0 Å². The summed E-state index contributed by atoms with van der Waals surface area (Å²) in [6.45, 7) is -0.353. The van der Waals surface area contributed by atoms with Gasteiger partial charge in [0.15, 0.2) is 0 Å². The third-order valence-corrected chi connectivity index (χ3v) is 3.49. The van der Waals surface area contributed by atoms with Crippen LogP contribution in [0, 0.1) is 0 Å². The van der Waals surface area contributed by atoms with Crippen LogP contribution in [0.2, 0.25) is 0 Å². The number of hydrogen-bond acceptors (Lipinski definition) is 3. The van der Waals surface area contributed by atoms with E-state index in [9.17, 15) is 22.8 Å². The van der Waals surface area contributed by atoms with Crippen molar-refractivity contribution in [3.05, 3.63) is 59.7 Å². The molecule has 0 unspecified atom stereocenters. The molecule has 5 nitrogen and oxygen atoms in total. The van der Waals surface area contributed by atoms with Gasteiger partial charge in [0.25, 0.3) is 0 Å². The first-order valence-corrected chi connectivity index (χ1v) is 7.65. The van der Waals surface area contributed by atoms with Crippen molar-refractivity contribution in [2.45, 2.75) is 19.1 Å². The van der Waals surface area contributed by atoms with Gasteiger partial charge in [0.05, 0.1) is 13.5 Å². The van der Waals surface area contributed by atoms with E-state index in [0.29, 0.717) is 17.0 Å². The number of hydrogen-bond donors (Lipinski definition) is 2. The number of carbonyl (C=O) groups is 2. The van der Waals surface area contributed by atoms with E-state index in [1.807, 2.05) is 0 Å². The van der Waals surface area contributed by atoms with Crippen LogP contribution < -0.4 is 15.4 Å². The van der Waals surface area contributed by atoms with Crippen LogP contribution in [0.5, 0.6) is 5.75 Å². The van der Waals surface area contributed by atoms with Gasteiger partial charge < -0.3 is 15.4 Å². The second-order valence-corrected chi connectivity index (χ2v) is 5.41. The van der Waals surface area contributed by atoms with Gasteiger partial charge >= 0.3 is 12.1 Å². The molecule has 0 saturated carbocycles. The van der Waals surface area contributed by atoms with Crippen LogP contribution in [0.3, 0.4) is 0 Å². The molecule has 2 aromatic carbocycles. The molecule has 2 amide bonds. The predicted molar refractivity (Wildman–Crippen MR) is 89.7 cm³/mol. The Morgan fingerprint density at radius 2 is 1.81 bits per heavy atom. The van der Waals surface area contributed by atoms with Crippen molar-refractivity contribution in [1.29, 1.82) is 0 Å². The number of amides is 2. The molecule has 0 atom stereocenters. The van der Waals surface area contributed by atoms with Gasteiger partial charge in [0.1, 0.15) is 5.75 Å². The number of ether oxygens (including phenoxy) is 1. The second-order valence-electron chi connectivity index (χ2n) is 5.41. The van der Waals surface area contributed by atoms with Crippen LogP contribution in [-0.2, 0) is 22.6 Å². The standard InChI is InChI=1S/C18H17F3N2O3/c1-26-14-7-4-5-12(9-14)10-16(24)23-15-8-3-2-6-13(15)11-22-17(25)18(19,20)21/h2-9H,10-11H2,1H3,(H,22,25)(H,23,24). The zero-order chi connectivity index (χ0) is 19.2. The number of carbonyl (C=O) groups excluding carboxylic acids is 2. The number of methoxy groups -OCH3 is 1. The van der Waals surface area contributed by atoms with Crippen LogP contribution in [0.15, 0.2) is 48.5 Å². The maximum Gasteiger partial charge on any atom is 0.471 e. The number of para-hydroxylation sites is 1. The maximum atomic E-state index is 12.3. The quantitative estimate of drug-likeness (QED) is 0.826. The molecular formula is C18H17F3N2O3. The van der Waals surface area contributed by atoms with Gasteiger partial charge in [0, 0.05) is 12.2 Å². The highest BCUT2D eigenvalue weighted by molar-refractivity contribution is 5.93. The zero-order valence-electron chi connectivity index (χ0n) is 13.9. The lowest BCUT2D eigenvalue weighted by Gasteiger charge is -2.13. The summed E-state index contributed by atoms with van der Waals surface area (Å²) in [7, 11) is 1.52. The third-order valence-electron chi connectivity index (χ3n) is 3.49. The molecule has 8 heteroatoms.